The van der Waals surface area contributed by atoms with E-state index in [1.165, 1.54) is 16.7 Å². The molecule has 0 fully saturated rings. The first-order valence-corrected chi connectivity index (χ1v) is 9.29. The number of carbonyl (C=O) groups excluding carboxylic acids is 1. The minimum atomic E-state index is -0.241. The number of hydrogen-bond acceptors (Lipinski definition) is 2. The molecule has 1 heterocycles. The molecule has 0 spiro atoms. The summed E-state index contributed by atoms with van der Waals surface area (Å²) in [5, 5.41) is 3.62. The van der Waals surface area contributed by atoms with Crippen molar-refractivity contribution in [1.29, 1.82) is 0 Å². The SMILES string of the molecule is Cc1cccc(N2C(=O)c3ccccc3N[C@H]2c2c(C)cc(C)cc2C)c1. The molecule has 27 heavy (non-hydrogen) atoms. The molecular formula is C24H24N2O. The summed E-state index contributed by atoms with van der Waals surface area (Å²) in [5.41, 5.74) is 8.41. The van der Waals surface area contributed by atoms with Crippen molar-refractivity contribution >= 4 is 17.3 Å². The molecule has 0 saturated carbocycles. The first-order chi connectivity index (χ1) is 13.0. The Morgan fingerprint density at radius 3 is 2.22 bits per heavy atom. The Hall–Kier alpha value is -3.07. The van der Waals surface area contributed by atoms with E-state index in [9.17, 15) is 4.79 Å². The maximum Gasteiger partial charge on any atom is 0.262 e. The highest BCUT2D eigenvalue weighted by Crippen LogP contribution is 2.39. The van der Waals surface area contributed by atoms with Crippen LogP contribution >= 0.6 is 0 Å². The smallest absolute Gasteiger partial charge is 0.262 e. The van der Waals surface area contributed by atoms with Gasteiger partial charge in [-0.15, -0.1) is 0 Å². The van der Waals surface area contributed by atoms with Gasteiger partial charge in [0.25, 0.3) is 5.91 Å². The first kappa shape index (κ1) is 17.3. The monoisotopic (exact) mass is 356 g/mol. The molecule has 3 heteroatoms. The summed E-state index contributed by atoms with van der Waals surface area (Å²) >= 11 is 0. The molecule has 0 aromatic heterocycles. The lowest BCUT2D eigenvalue weighted by Crippen LogP contribution is -2.43. The summed E-state index contributed by atoms with van der Waals surface area (Å²) in [5.74, 6) is 0.0272. The molecule has 0 aliphatic carbocycles. The van der Waals surface area contributed by atoms with E-state index in [0.29, 0.717) is 5.56 Å². The van der Waals surface area contributed by atoms with Crippen molar-refractivity contribution in [3.63, 3.8) is 0 Å². The number of nitrogens with zero attached hydrogens (tertiary/aromatic N) is 1. The standard InChI is InChI=1S/C24H24N2O/c1-15-8-7-9-19(14-15)26-23(22-17(3)12-16(2)13-18(22)4)25-21-11-6-5-10-20(21)24(26)27/h5-14,23,25H,1-4H3/t23-/m1/s1. The zero-order valence-corrected chi connectivity index (χ0v) is 16.2. The van der Waals surface area contributed by atoms with Gasteiger partial charge >= 0.3 is 0 Å². The summed E-state index contributed by atoms with van der Waals surface area (Å²) in [4.78, 5) is 15.4. The second-order valence-electron chi connectivity index (χ2n) is 7.42. The number of para-hydroxylation sites is 1. The van der Waals surface area contributed by atoms with E-state index in [-0.39, 0.29) is 12.1 Å². The van der Waals surface area contributed by atoms with Crippen molar-refractivity contribution in [2.45, 2.75) is 33.9 Å². The second-order valence-corrected chi connectivity index (χ2v) is 7.42. The van der Waals surface area contributed by atoms with E-state index in [0.717, 1.165) is 22.5 Å². The fourth-order valence-corrected chi connectivity index (χ4v) is 4.12. The third kappa shape index (κ3) is 2.99. The van der Waals surface area contributed by atoms with Crippen LogP contribution in [0.5, 0.6) is 0 Å². The summed E-state index contributed by atoms with van der Waals surface area (Å²) < 4.78 is 0. The molecule has 0 radical (unpaired) electrons. The van der Waals surface area contributed by atoms with Gasteiger partial charge in [0.1, 0.15) is 6.17 Å². The molecule has 1 amide bonds. The Bertz CT molecular complexity index is 1020. The van der Waals surface area contributed by atoms with Crippen LogP contribution in [0, 0.1) is 27.7 Å². The molecule has 1 aliphatic heterocycles. The predicted molar refractivity (Wildman–Crippen MR) is 111 cm³/mol. The van der Waals surface area contributed by atoms with Gasteiger partial charge in [-0.05, 0) is 68.7 Å². The highest BCUT2D eigenvalue weighted by Gasteiger charge is 2.35. The van der Waals surface area contributed by atoms with Gasteiger partial charge in [0.05, 0.1) is 5.56 Å². The minimum Gasteiger partial charge on any atom is -0.360 e. The molecule has 1 N–H and O–H groups in total. The summed E-state index contributed by atoms with van der Waals surface area (Å²) in [6.07, 6.45) is -0.241. The Morgan fingerprint density at radius 2 is 1.52 bits per heavy atom. The van der Waals surface area contributed by atoms with Gasteiger partial charge in [0, 0.05) is 16.9 Å². The topological polar surface area (TPSA) is 32.3 Å². The number of aryl methyl sites for hydroxylation is 4. The molecule has 3 aromatic carbocycles. The van der Waals surface area contributed by atoms with E-state index < -0.39 is 0 Å². The number of fused-ring (bicyclic) bond motifs is 1. The number of anilines is 2. The average Bonchev–Trinajstić information content (AvgIpc) is 2.61. The third-order valence-electron chi connectivity index (χ3n) is 5.22. The van der Waals surface area contributed by atoms with Gasteiger partial charge in [-0.2, -0.15) is 0 Å². The maximum absolute atomic E-state index is 13.5. The van der Waals surface area contributed by atoms with Crippen LogP contribution in [0.2, 0.25) is 0 Å². The van der Waals surface area contributed by atoms with Crippen molar-refractivity contribution in [3.8, 4) is 0 Å². The van der Waals surface area contributed by atoms with Gasteiger partial charge in [-0.1, -0.05) is 42.0 Å². The normalized spacial score (nSPS) is 16.1. The van der Waals surface area contributed by atoms with Crippen LogP contribution in [-0.2, 0) is 0 Å². The first-order valence-electron chi connectivity index (χ1n) is 9.29. The molecule has 4 rings (SSSR count). The van der Waals surface area contributed by atoms with Crippen molar-refractivity contribution in [2.75, 3.05) is 10.2 Å². The summed E-state index contributed by atoms with van der Waals surface area (Å²) in [7, 11) is 0. The third-order valence-corrected chi connectivity index (χ3v) is 5.22. The lowest BCUT2D eigenvalue weighted by atomic mass is 9.94. The lowest BCUT2D eigenvalue weighted by molar-refractivity contribution is 0.0975. The highest BCUT2D eigenvalue weighted by atomic mass is 16.2. The molecule has 1 aliphatic rings. The molecule has 3 nitrogen and oxygen atoms in total. The van der Waals surface area contributed by atoms with E-state index in [1.54, 1.807) is 0 Å². The Kier molecular flexibility index (Phi) is 4.23. The number of nitrogens with one attached hydrogen (secondary N) is 1. The van der Waals surface area contributed by atoms with Crippen molar-refractivity contribution in [1.82, 2.24) is 0 Å². The van der Waals surface area contributed by atoms with Crippen molar-refractivity contribution in [2.24, 2.45) is 0 Å². The maximum atomic E-state index is 13.5. The van der Waals surface area contributed by atoms with E-state index in [1.807, 2.05) is 41.3 Å². The van der Waals surface area contributed by atoms with Gasteiger partial charge < -0.3 is 5.32 Å². The molecular weight excluding hydrogens is 332 g/mol. The van der Waals surface area contributed by atoms with Gasteiger partial charge in [-0.3, -0.25) is 9.69 Å². The van der Waals surface area contributed by atoms with Gasteiger partial charge in [0.2, 0.25) is 0 Å². The zero-order chi connectivity index (χ0) is 19.1. The van der Waals surface area contributed by atoms with Gasteiger partial charge in [-0.25, -0.2) is 0 Å². The molecule has 0 unspecified atom stereocenters. The fourth-order valence-electron chi connectivity index (χ4n) is 4.12. The van der Waals surface area contributed by atoms with Crippen molar-refractivity contribution in [3.05, 3.63) is 94.0 Å². The van der Waals surface area contributed by atoms with E-state index in [2.05, 4.69) is 57.3 Å². The average molecular weight is 356 g/mol. The Balaban J connectivity index is 1.94. The van der Waals surface area contributed by atoms with Crippen LogP contribution in [0.15, 0.2) is 60.7 Å². The fraction of sp³-hybridized carbons (Fsp3) is 0.208. The largest absolute Gasteiger partial charge is 0.360 e. The number of carbonyl (C=O) groups is 1. The van der Waals surface area contributed by atoms with Crippen LogP contribution in [-0.4, -0.2) is 5.91 Å². The lowest BCUT2D eigenvalue weighted by Gasteiger charge is -2.39. The number of benzene rings is 3. The van der Waals surface area contributed by atoms with Crippen LogP contribution < -0.4 is 10.2 Å². The van der Waals surface area contributed by atoms with E-state index in [4.69, 9.17) is 0 Å². The molecule has 0 saturated heterocycles. The molecule has 1 atom stereocenters. The number of hydrogen-bond donors (Lipinski definition) is 1. The summed E-state index contributed by atoms with van der Waals surface area (Å²) in [6.45, 7) is 8.40. The molecule has 0 bridgehead atoms. The zero-order valence-electron chi connectivity index (χ0n) is 16.2. The van der Waals surface area contributed by atoms with Crippen LogP contribution in [0.25, 0.3) is 0 Å². The molecule has 136 valence electrons. The Morgan fingerprint density at radius 1 is 0.815 bits per heavy atom. The van der Waals surface area contributed by atoms with Crippen LogP contribution in [0.4, 0.5) is 11.4 Å². The van der Waals surface area contributed by atoms with Crippen LogP contribution in [0.3, 0.4) is 0 Å². The minimum absolute atomic E-state index is 0.0272. The highest BCUT2D eigenvalue weighted by molar-refractivity contribution is 6.12. The second kappa shape index (κ2) is 6.58. The van der Waals surface area contributed by atoms with E-state index >= 15 is 0 Å². The number of rotatable bonds is 2. The quantitative estimate of drug-likeness (QED) is 0.639. The predicted octanol–water partition coefficient (Wildman–Crippen LogP) is 5.69. The van der Waals surface area contributed by atoms with Crippen molar-refractivity contribution < 1.29 is 4.79 Å². The molecule has 3 aromatic rings. The van der Waals surface area contributed by atoms with Crippen LogP contribution in [0.1, 0.15) is 44.3 Å². The summed E-state index contributed by atoms with van der Waals surface area (Å²) in [6, 6.07) is 20.2. The number of amides is 1. The Labute approximate surface area is 160 Å². The van der Waals surface area contributed by atoms with Gasteiger partial charge in [0.15, 0.2) is 0 Å².